The van der Waals surface area contributed by atoms with Crippen molar-refractivity contribution in [1.29, 1.82) is 5.26 Å². The van der Waals surface area contributed by atoms with Crippen LogP contribution in [0.1, 0.15) is 22.4 Å². The maximum atomic E-state index is 11.9. The van der Waals surface area contributed by atoms with Gasteiger partial charge in [0.25, 0.3) is 0 Å². The molecule has 0 saturated carbocycles. The molecule has 0 aliphatic carbocycles. The predicted molar refractivity (Wildman–Crippen MR) is 74.0 cm³/mol. The topological polar surface area (TPSA) is 78.2 Å². The quantitative estimate of drug-likeness (QED) is 0.780. The lowest BCUT2D eigenvalue weighted by molar-refractivity contribution is -0.117. The molecule has 8 heteroatoms. The molecule has 1 saturated heterocycles. The molecule has 1 aromatic heterocycles. The van der Waals surface area contributed by atoms with Crippen molar-refractivity contribution in [3.8, 4) is 6.07 Å². The summed E-state index contributed by atoms with van der Waals surface area (Å²) < 4.78 is 22.6. The Kier molecular flexibility index (Phi) is 3.60. The fourth-order valence-electron chi connectivity index (χ4n) is 1.99. The predicted octanol–water partition coefficient (Wildman–Crippen LogP) is 1.91. The van der Waals surface area contributed by atoms with Crippen LogP contribution in [0.4, 0.5) is 5.00 Å². The van der Waals surface area contributed by atoms with Gasteiger partial charge in [0.1, 0.15) is 16.3 Å². The lowest BCUT2D eigenvalue weighted by Crippen LogP contribution is -2.26. The number of halogens is 1. The molecule has 1 aliphatic rings. The summed E-state index contributed by atoms with van der Waals surface area (Å²) in [5.74, 6) is -0.313. The summed E-state index contributed by atoms with van der Waals surface area (Å²) >= 11 is 1.32. The number of aryl methyl sites for hydroxylation is 1. The normalized spacial score (nSPS) is 19.8. The second kappa shape index (κ2) is 4.78. The number of amides is 1. The van der Waals surface area contributed by atoms with Gasteiger partial charge >= 0.3 is 0 Å². The van der Waals surface area contributed by atoms with E-state index in [-0.39, 0.29) is 18.9 Å². The smallest absolute Gasteiger partial charge is 0.237 e. The van der Waals surface area contributed by atoms with Crippen molar-refractivity contribution in [2.45, 2.75) is 25.5 Å². The van der Waals surface area contributed by atoms with E-state index in [2.05, 4.69) is 6.07 Å². The first kappa shape index (κ1) is 14.3. The van der Waals surface area contributed by atoms with Crippen LogP contribution in [0.3, 0.4) is 0 Å². The maximum absolute atomic E-state index is 11.9. The summed E-state index contributed by atoms with van der Waals surface area (Å²) in [5, 5.41) is 8.77. The molecule has 1 fully saturated rings. The number of hydrogen-bond donors (Lipinski definition) is 0. The second-order valence-electron chi connectivity index (χ2n) is 4.38. The minimum absolute atomic E-state index is 0.0126. The average Bonchev–Trinajstić information content (AvgIpc) is 2.81. The third kappa shape index (κ3) is 2.48. The van der Waals surface area contributed by atoms with E-state index in [1.54, 1.807) is 0 Å². The summed E-state index contributed by atoms with van der Waals surface area (Å²) in [4.78, 5) is 14.2. The van der Waals surface area contributed by atoms with Crippen LogP contribution in [0.15, 0.2) is 0 Å². The molecule has 0 radical (unpaired) electrons. The molecule has 2 rings (SSSR count). The Bertz CT molecular complexity index is 688. The van der Waals surface area contributed by atoms with Gasteiger partial charge in [0.2, 0.25) is 15.0 Å². The molecule has 2 heterocycles. The van der Waals surface area contributed by atoms with Crippen LogP contribution in [0.25, 0.3) is 0 Å². The van der Waals surface area contributed by atoms with Crippen LogP contribution < -0.4 is 4.90 Å². The van der Waals surface area contributed by atoms with Gasteiger partial charge in [0, 0.05) is 28.5 Å². The second-order valence-corrected chi connectivity index (χ2v) is 8.49. The molecular formula is C11H11ClN2O3S2. The summed E-state index contributed by atoms with van der Waals surface area (Å²) in [6.07, 6.45) is -0.132. The number of carbonyl (C=O) groups excluding carboxylic acids is 1. The van der Waals surface area contributed by atoms with E-state index < -0.39 is 14.3 Å². The van der Waals surface area contributed by atoms with Crippen LogP contribution in [0.2, 0.25) is 0 Å². The Balaban J connectivity index is 2.42. The highest BCUT2D eigenvalue weighted by Gasteiger charge is 2.39. The van der Waals surface area contributed by atoms with Gasteiger partial charge in [0.15, 0.2) is 0 Å². The summed E-state index contributed by atoms with van der Waals surface area (Å²) in [5.41, 5.74) is 1.26. The molecule has 0 N–H and O–H groups in total. The number of carbonyl (C=O) groups is 1. The molecule has 0 spiro atoms. The lowest BCUT2D eigenvalue weighted by atomic mass is 10.2. The van der Waals surface area contributed by atoms with Crippen molar-refractivity contribution in [2.24, 2.45) is 0 Å². The molecule has 0 aromatic carbocycles. The SMILES string of the molecule is Cc1sc(N2CC(S(=O)(=O)Cl)CC2=O)c(C#N)c1C. The Morgan fingerprint density at radius 3 is 2.58 bits per heavy atom. The zero-order valence-corrected chi connectivity index (χ0v) is 12.7. The summed E-state index contributed by atoms with van der Waals surface area (Å²) in [6.45, 7) is 3.68. The van der Waals surface area contributed by atoms with Gasteiger partial charge in [-0.05, 0) is 19.4 Å². The van der Waals surface area contributed by atoms with Crippen LogP contribution in [-0.4, -0.2) is 26.1 Å². The summed E-state index contributed by atoms with van der Waals surface area (Å²) in [6, 6.07) is 2.07. The van der Waals surface area contributed by atoms with E-state index in [0.29, 0.717) is 10.6 Å². The van der Waals surface area contributed by atoms with Gasteiger partial charge < -0.3 is 4.90 Å². The van der Waals surface area contributed by atoms with Crippen molar-refractivity contribution < 1.29 is 13.2 Å². The first-order chi connectivity index (χ1) is 8.75. The maximum Gasteiger partial charge on any atom is 0.237 e. The molecule has 1 atom stereocenters. The molecule has 5 nitrogen and oxygen atoms in total. The van der Waals surface area contributed by atoms with Gasteiger partial charge in [-0.3, -0.25) is 4.79 Å². The third-order valence-corrected chi connectivity index (χ3v) is 6.31. The fourth-order valence-corrected chi connectivity index (χ4v) is 4.15. The standard InChI is InChI=1S/C11H11ClN2O3S2/c1-6-7(2)18-11(9(6)4-13)14-5-8(3-10(14)15)19(12,16)17/h8H,3,5H2,1-2H3. The van der Waals surface area contributed by atoms with Crippen LogP contribution in [-0.2, 0) is 13.8 Å². The van der Waals surface area contributed by atoms with Gasteiger partial charge in [0.05, 0.1) is 5.56 Å². The fraction of sp³-hybridized carbons (Fsp3) is 0.455. The van der Waals surface area contributed by atoms with Gasteiger partial charge in [-0.25, -0.2) is 8.42 Å². The number of rotatable bonds is 2. The van der Waals surface area contributed by atoms with E-state index >= 15 is 0 Å². The van der Waals surface area contributed by atoms with Gasteiger partial charge in [-0.1, -0.05) is 0 Å². The van der Waals surface area contributed by atoms with Gasteiger partial charge in [-0.2, -0.15) is 5.26 Å². The van der Waals surface area contributed by atoms with Crippen LogP contribution in [0, 0.1) is 25.2 Å². The lowest BCUT2D eigenvalue weighted by Gasteiger charge is -2.14. The Labute approximate surface area is 119 Å². The zero-order chi connectivity index (χ0) is 14.4. The Hall–Kier alpha value is -1.10. The molecule has 1 unspecified atom stereocenters. The number of nitriles is 1. The monoisotopic (exact) mass is 318 g/mol. The van der Waals surface area contributed by atoms with Crippen molar-refractivity contribution in [3.63, 3.8) is 0 Å². The van der Waals surface area contributed by atoms with E-state index in [4.69, 9.17) is 15.9 Å². The van der Waals surface area contributed by atoms with Crippen molar-refractivity contribution in [1.82, 2.24) is 0 Å². The summed E-state index contributed by atoms with van der Waals surface area (Å²) in [7, 11) is 1.53. The minimum Gasteiger partial charge on any atom is -0.301 e. The molecule has 1 aliphatic heterocycles. The zero-order valence-electron chi connectivity index (χ0n) is 10.3. The highest BCUT2D eigenvalue weighted by Crippen LogP contribution is 2.38. The van der Waals surface area contributed by atoms with Crippen molar-refractivity contribution >= 4 is 42.0 Å². The first-order valence-corrected chi connectivity index (χ1v) is 8.68. The van der Waals surface area contributed by atoms with Crippen molar-refractivity contribution in [2.75, 3.05) is 11.4 Å². The molecular weight excluding hydrogens is 308 g/mol. The number of nitrogens with zero attached hydrogens (tertiary/aromatic N) is 2. The van der Waals surface area contributed by atoms with E-state index in [1.807, 2.05) is 13.8 Å². The first-order valence-electron chi connectivity index (χ1n) is 5.49. The number of anilines is 1. The van der Waals surface area contributed by atoms with Crippen LogP contribution >= 0.6 is 22.0 Å². The average molecular weight is 319 g/mol. The Morgan fingerprint density at radius 2 is 2.11 bits per heavy atom. The highest BCUT2D eigenvalue weighted by atomic mass is 35.7. The van der Waals surface area contributed by atoms with Crippen molar-refractivity contribution in [3.05, 3.63) is 16.0 Å². The highest BCUT2D eigenvalue weighted by molar-refractivity contribution is 8.14. The van der Waals surface area contributed by atoms with E-state index in [9.17, 15) is 13.2 Å². The van der Waals surface area contributed by atoms with Crippen LogP contribution in [0.5, 0.6) is 0 Å². The van der Waals surface area contributed by atoms with E-state index in [1.165, 1.54) is 16.2 Å². The molecule has 19 heavy (non-hydrogen) atoms. The van der Waals surface area contributed by atoms with E-state index in [0.717, 1.165) is 10.4 Å². The Morgan fingerprint density at radius 1 is 1.47 bits per heavy atom. The minimum atomic E-state index is -3.77. The molecule has 1 amide bonds. The van der Waals surface area contributed by atoms with Gasteiger partial charge in [-0.15, -0.1) is 11.3 Å². The largest absolute Gasteiger partial charge is 0.301 e. The number of thiophene rings is 1. The molecule has 1 aromatic rings. The molecule has 102 valence electrons. The number of hydrogen-bond acceptors (Lipinski definition) is 5. The third-order valence-electron chi connectivity index (χ3n) is 3.21. The molecule has 0 bridgehead atoms.